The molecule has 0 aromatic heterocycles. The van der Waals surface area contributed by atoms with Gasteiger partial charge in [0.25, 0.3) is 0 Å². The average Bonchev–Trinajstić information content (AvgIpc) is 2.49. The van der Waals surface area contributed by atoms with Crippen molar-refractivity contribution in [1.82, 2.24) is 5.32 Å². The maximum Gasteiger partial charge on any atom is 0.0556 e. The summed E-state index contributed by atoms with van der Waals surface area (Å²) in [6.45, 7) is 2.99. The highest BCUT2D eigenvalue weighted by molar-refractivity contribution is 5.85. The van der Waals surface area contributed by atoms with Gasteiger partial charge in [0.15, 0.2) is 0 Å². The minimum atomic E-state index is 0. The maximum absolute atomic E-state index is 9.05. The Hall–Kier alpha value is -1.35. The highest BCUT2D eigenvalue weighted by Gasteiger charge is 2.19. The third-order valence-electron chi connectivity index (χ3n) is 3.46. The molecular weight excluding hydrogens is 270 g/mol. The Morgan fingerprint density at radius 2 is 1.40 bits per heavy atom. The SMILES string of the molecule is CC(c1ccccc1)C(NCCO)c1ccccc1.Cl. The van der Waals surface area contributed by atoms with Gasteiger partial charge in [-0.3, -0.25) is 0 Å². The highest BCUT2D eigenvalue weighted by Crippen LogP contribution is 2.30. The summed E-state index contributed by atoms with van der Waals surface area (Å²) in [5, 5.41) is 12.5. The van der Waals surface area contributed by atoms with Crippen molar-refractivity contribution in [3.8, 4) is 0 Å². The van der Waals surface area contributed by atoms with Crippen molar-refractivity contribution >= 4 is 12.4 Å². The van der Waals surface area contributed by atoms with Crippen LogP contribution >= 0.6 is 12.4 Å². The van der Waals surface area contributed by atoms with Gasteiger partial charge in [0.1, 0.15) is 0 Å². The monoisotopic (exact) mass is 291 g/mol. The van der Waals surface area contributed by atoms with E-state index in [9.17, 15) is 0 Å². The first-order valence-electron chi connectivity index (χ1n) is 6.77. The second-order valence-electron chi connectivity index (χ2n) is 4.77. The fraction of sp³-hybridized carbons (Fsp3) is 0.294. The summed E-state index contributed by atoms with van der Waals surface area (Å²) >= 11 is 0. The number of rotatable bonds is 6. The predicted molar refractivity (Wildman–Crippen MR) is 86.4 cm³/mol. The molecule has 3 heteroatoms. The van der Waals surface area contributed by atoms with Crippen LogP contribution in [0.3, 0.4) is 0 Å². The van der Waals surface area contributed by atoms with E-state index in [0.717, 1.165) is 0 Å². The van der Waals surface area contributed by atoms with Gasteiger partial charge in [-0.15, -0.1) is 12.4 Å². The van der Waals surface area contributed by atoms with Crippen molar-refractivity contribution in [3.05, 3.63) is 71.8 Å². The first-order valence-corrected chi connectivity index (χ1v) is 6.77. The van der Waals surface area contributed by atoms with E-state index < -0.39 is 0 Å². The van der Waals surface area contributed by atoms with E-state index in [1.54, 1.807) is 0 Å². The van der Waals surface area contributed by atoms with Gasteiger partial charge in [-0.1, -0.05) is 67.6 Å². The maximum atomic E-state index is 9.05. The predicted octanol–water partition coefficient (Wildman–Crippen LogP) is 3.54. The van der Waals surface area contributed by atoms with Crippen molar-refractivity contribution in [2.24, 2.45) is 0 Å². The quantitative estimate of drug-likeness (QED) is 0.853. The Balaban J connectivity index is 0.00000200. The molecule has 0 aliphatic rings. The highest BCUT2D eigenvalue weighted by atomic mass is 35.5. The van der Waals surface area contributed by atoms with Gasteiger partial charge in [0, 0.05) is 18.5 Å². The van der Waals surface area contributed by atoms with Crippen molar-refractivity contribution in [1.29, 1.82) is 0 Å². The number of aliphatic hydroxyl groups is 1. The van der Waals surface area contributed by atoms with Crippen molar-refractivity contribution in [2.45, 2.75) is 18.9 Å². The molecule has 0 heterocycles. The molecule has 0 aliphatic carbocycles. The van der Waals surface area contributed by atoms with Crippen LogP contribution in [0.5, 0.6) is 0 Å². The lowest BCUT2D eigenvalue weighted by molar-refractivity contribution is 0.280. The van der Waals surface area contributed by atoms with Crippen LogP contribution in [-0.2, 0) is 0 Å². The van der Waals surface area contributed by atoms with E-state index in [1.165, 1.54) is 11.1 Å². The molecule has 0 saturated carbocycles. The average molecular weight is 292 g/mol. The van der Waals surface area contributed by atoms with Crippen LogP contribution in [0.2, 0.25) is 0 Å². The summed E-state index contributed by atoms with van der Waals surface area (Å²) in [6, 6.07) is 21.1. The van der Waals surface area contributed by atoms with E-state index >= 15 is 0 Å². The van der Waals surface area contributed by atoms with Crippen LogP contribution < -0.4 is 5.32 Å². The van der Waals surface area contributed by atoms with Gasteiger partial charge in [0.2, 0.25) is 0 Å². The smallest absolute Gasteiger partial charge is 0.0556 e. The van der Waals surface area contributed by atoms with E-state index in [4.69, 9.17) is 5.11 Å². The zero-order chi connectivity index (χ0) is 13.5. The molecule has 2 rings (SSSR count). The zero-order valence-corrected chi connectivity index (χ0v) is 12.5. The molecule has 2 N–H and O–H groups in total. The van der Waals surface area contributed by atoms with Gasteiger partial charge in [-0.05, 0) is 11.1 Å². The summed E-state index contributed by atoms with van der Waals surface area (Å²) in [7, 11) is 0. The zero-order valence-electron chi connectivity index (χ0n) is 11.7. The van der Waals surface area contributed by atoms with E-state index in [1.807, 2.05) is 12.1 Å². The first kappa shape index (κ1) is 16.7. The van der Waals surface area contributed by atoms with Gasteiger partial charge in [0.05, 0.1) is 6.61 Å². The molecule has 2 atom stereocenters. The molecule has 0 fully saturated rings. The minimum Gasteiger partial charge on any atom is -0.395 e. The second-order valence-corrected chi connectivity index (χ2v) is 4.77. The summed E-state index contributed by atoms with van der Waals surface area (Å²) in [4.78, 5) is 0. The number of hydrogen-bond donors (Lipinski definition) is 2. The summed E-state index contributed by atoms with van der Waals surface area (Å²) in [5.74, 6) is 0.357. The molecular formula is C17H22ClNO. The number of aliphatic hydroxyl groups excluding tert-OH is 1. The van der Waals surface area contributed by atoms with E-state index in [2.05, 4.69) is 60.8 Å². The van der Waals surface area contributed by atoms with Gasteiger partial charge in [-0.2, -0.15) is 0 Å². The Morgan fingerprint density at radius 1 is 0.900 bits per heavy atom. The molecule has 0 spiro atoms. The first-order chi connectivity index (χ1) is 9.33. The topological polar surface area (TPSA) is 32.3 Å². The van der Waals surface area contributed by atoms with Gasteiger partial charge < -0.3 is 10.4 Å². The van der Waals surface area contributed by atoms with Crippen LogP contribution in [0, 0.1) is 0 Å². The third-order valence-corrected chi connectivity index (χ3v) is 3.46. The van der Waals surface area contributed by atoms with Crippen LogP contribution in [0.25, 0.3) is 0 Å². The molecule has 0 radical (unpaired) electrons. The molecule has 2 aromatic rings. The van der Waals surface area contributed by atoms with Crippen LogP contribution in [0.15, 0.2) is 60.7 Å². The number of hydrogen-bond acceptors (Lipinski definition) is 2. The number of halogens is 1. The van der Waals surface area contributed by atoms with Gasteiger partial charge >= 0.3 is 0 Å². The Kier molecular flexibility index (Phi) is 7.31. The summed E-state index contributed by atoms with van der Waals surface area (Å²) in [5.41, 5.74) is 2.56. The number of benzene rings is 2. The Labute approximate surface area is 127 Å². The lowest BCUT2D eigenvalue weighted by Gasteiger charge is -2.26. The third kappa shape index (κ3) is 4.34. The van der Waals surface area contributed by atoms with Crippen LogP contribution in [0.1, 0.15) is 30.0 Å². The molecule has 0 amide bonds. The Morgan fingerprint density at radius 3 is 1.90 bits per heavy atom. The Bertz CT molecular complexity index is 475. The van der Waals surface area contributed by atoms with E-state index in [0.29, 0.717) is 12.5 Å². The summed E-state index contributed by atoms with van der Waals surface area (Å²) < 4.78 is 0. The van der Waals surface area contributed by atoms with Crippen LogP contribution in [0.4, 0.5) is 0 Å². The number of nitrogens with one attached hydrogen (secondary N) is 1. The second kappa shape index (κ2) is 8.75. The molecule has 2 aromatic carbocycles. The minimum absolute atomic E-state index is 0. The molecule has 20 heavy (non-hydrogen) atoms. The fourth-order valence-electron chi connectivity index (χ4n) is 2.41. The van der Waals surface area contributed by atoms with Crippen molar-refractivity contribution in [3.63, 3.8) is 0 Å². The lowest BCUT2D eigenvalue weighted by Crippen LogP contribution is -2.28. The molecule has 0 aliphatic heterocycles. The fourth-order valence-corrected chi connectivity index (χ4v) is 2.41. The normalized spacial score (nSPS) is 13.3. The van der Waals surface area contributed by atoms with Gasteiger partial charge in [-0.25, -0.2) is 0 Å². The largest absolute Gasteiger partial charge is 0.395 e. The van der Waals surface area contributed by atoms with Crippen molar-refractivity contribution < 1.29 is 5.11 Å². The van der Waals surface area contributed by atoms with Crippen molar-refractivity contribution in [2.75, 3.05) is 13.2 Å². The van der Waals surface area contributed by atoms with E-state index in [-0.39, 0.29) is 25.1 Å². The molecule has 108 valence electrons. The lowest BCUT2D eigenvalue weighted by atomic mass is 9.88. The molecule has 2 nitrogen and oxygen atoms in total. The standard InChI is InChI=1S/C17H21NO.ClH/c1-14(15-8-4-2-5-9-15)17(18-12-13-19)16-10-6-3-7-11-16;/h2-11,14,17-19H,12-13H2,1H3;1H. The van der Waals surface area contributed by atoms with Crippen LogP contribution in [-0.4, -0.2) is 18.3 Å². The molecule has 0 saturated heterocycles. The molecule has 2 unspecified atom stereocenters. The summed E-state index contributed by atoms with van der Waals surface area (Å²) in [6.07, 6.45) is 0. The molecule has 0 bridgehead atoms.